The number of hydrogen-bond donors (Lipinski definition) is 3. The fourth-order valence-electron chi connectivity index (χ4n) is 4.59. The van der Waals surface area contributed by atoms with Gasteiger partial charge in [-0.3, -0.25) is 0 Å². The Kier molecular flexibility index (Phi) is 6.00. The fraction of sp³-hybridized carbons (Fsp3) is 0.111. The summed E-state index contributed by atoms with van der Waals surface area (Å²) < 4.78 is 46.9. The maximum absolute atomic E-state index is 13.1. The third-order valence-electron chi connectivity index (χ3n) is 6.33. The average Bonchev–Trinajstić information content (AvgIpc) is 3.41. The number of H-pyrrole nitrogens is 2. The fourth-order valence-corrected chi connectivity index (χ4v) is 6.01. The van der Waals surface area contributed by atoms with E-state index in [2.05, 4.69) is 20.8 Å². The summed E-state index contributed by atoms with van der Waals surface area (Å²) in [6.45, 7) is 0.413. The minimum Gasteiger partial charge on any atom is -0.489 e. The topological polar surface area (TPSA) is 87.0 Å². The molecule has 6 nitrogen and oxygen atoms in total. The van der Waals surface area contributed by atoms with Gasteiger partial charge >= 0.3 is 0 Å². The first-order valence-electron chi connectivity index (χ1n) is 11.5. The Labute approximate surface area is 221 Å². The molecule has 0 radical (unpaired) electrons. The van der Waals surface area contributed by atoms with Crippen molar-refractivity contribution in [1.82, 2.24) is 14.7 Å². The molecular formula is C27H20Cl2FN3O3S. The molecule has 6 rings (SSSR count). The van der Waals surface area contributed by atoms with Crippen molar-refractivity contribution in [3.63, 3.8) is 0 Å². The highest BCUT2D eigenvalue weighted by atomic mass is 35.5. The van der Waals surface area contributed by atoms with Crippen molar-refractivity contribution in [2.75, 3.05) is 13.2 Å². The van der Waals surface area contributed by atoms with E-state index in [1.807, 2.05) is 36.4 Å². The largest absolute Gasteiger partial charge is 0.489 e. The van der Waals surface area contributed by atoms with Crippen LogP contribution in [-0.2, 0) is 10.0 Å². The molecular weight excluding hydrogens is 536 g/mol. The van der Waals surface area contributed by atoms with E-state index < -0.39 is 15.8 Å². The molecule has 0 aliphatic carbocycles. The Morgan fingerprint density at radius 2 is 1.35 bits per heavy atom. The van der Waals surface area contributed by atoms with Crippen LogP contribution in [0.3, 0.4) is 0 Å². The van der Waals surface area contributed by atoms with Crippen LogP contribution in [0.4, 0.5) is 4.39 Å². The monoisotopic (exact) mass is 555 g/mol. The molecule has 0 aliphatic heterocycles. The van der Waals surface area contributed by atoms with E-state index in [-0.39, 0.29) is 18.0 Å². The van der Waals surface area contributed by atoms with Crippen LogP contribution >= 0.6 is 23.2 Å². The number of ether oxygens (including phenoxy) is 1. The standard InChI is InChI=1S/C27H20Cl2FN3O3S/c28-15-2-8-23-19(12-15)21-14-22-20-13-16(29)3-9-24(20)33-26(22)27(25(21)32-23)36-11-1-10-31-37(34,35)18-6-4-17(30)5-7-18/h2-9,12-14,31-33H,1,10-11H2. The molecule has 0 fully saturated rings. The number of fused-ring (bicyclic) bond motifs is 6. The minimum atomic E-state index is -3.74. The van der Waals surface area contributed by atoms with Crippen molar-refractivity contribution < 1.29 is 17.5 Å². The molecule has 188 valence electrons. The van der Waals surface area contributed by atoms with E-state index in [0.717, 1.165) is 55.7 Å². The van der Waals surface area contributed by atoms with Gasteiger partial charge in [-0.1, -0.05) is 23.2 Å². The van der Waals surface area contributed by atoms with Gasteiger partial charge in [0.25, 0.3) is 0 Å². The average molecular weight is 556 g/mol. The molecule has 0 bridgehead atoms. The van der Waals surface area contributed by atoms with Crippen molar-refractivity contribution in [1.29, 1.82) is 0 Å². The van der Waals surface area contributed by atoms with E-state index in [1.165, 1.54) is 12.1 Å². The third-order valence-corrected chi connectivity index (χ3v) is 8.28. The number of aromatic nitrogens is 2. The summed E-state index contributed by atoms with van der Waals surface area (Å²) in [5.41, 5.74) is 3.47. The molecule has 10 heteroatoms. The number of halogens is 3. The van der Waals surface area contributed by atoms with Crippen LogP contribution in [0.25, 0.3) is 43.6 Å². The van der Waals surface area contributed by atoms with E-state index in [9.17, 15) is 12.8 Å². The van der Waals surface area contributed by atoms with Crippen molar-refractivity contribution >= 4 is 76.8 Å². The predicted octanol–water partition coefficient (Wildman–Crippen LogP) is 7.15. The van der Waals surface area contributed by atoms with Gasteiger partial charge in [-0.25, -0.2) is 17.5 Å². The van der Waals surface area contributed by atoms with Crippen molar-refractivity contribution in [3.05, 3.63) is 82.6 Å². The van der Waals surface area contributed by atoms with Gasteiger partial charge in [-0.2, -0.15) is 0 Å². The molecule has 2 heterocycles. The minimum absolute atomic E-state index is 0.00904. The Morgan fingerprint density at radius 3 is 1.92 bits per heavy atom. The van der Waals surface area contributed by atoms with Gasteiger partial charge in [0, 0.05) is 49.2 Å². The third kappa shape index (κ3) is 4.40. The lowest BCUT2D eigenvalue weighted by atomic mass is 10.1. The number of aromatic amines is 2. The molecule has 0 aliphatic rings. The summed E-state index contributed by atoms with van der Waals surface area (Å²) in [6, 6.07) is 18.1. The van der Waals surface area contributed by atoms with E-state index >= 15 is 0 Å². The highest BCUT2D eigenvalue weighted by Gasteiger charge is 2.18. The quantitative estimate of drug-likeness (QED) is 0.183. The molecule has 0 unspecified atom stereocenters. The van der Waals surface area contributed by atoms with Crippen molar-refractivity contribution in [2.45, 2.75) is 11.3 Å². The summed E-state index contributed by atoms with van der Waals surface area (Å²) in [6.07, 6.45) is 0.413. The molecule has 2 aromatic heterocycles. The molecule has 0 amide bonds. The maximum atomic E-state index is 13.1. The van der Waals surface area contributed by atoms with Crippen LogP contribution in [0.1, 0.15) is 6.42 Å². The van der Waals surface area contributed by atoms with Gasteiger partial charge in [0.1, 0.15) is 5.82 Å². The summed E-state index contributed by atoms with van der Waals surface area (Å²) in [7, 11) is -3.74. The first-order chi connectivity index (χ1) is 17.8. The van der Waals surface area contributed by atoms with Gasteiger partial charge in [-0.05, 0) is 73.2 Å². The summed E-state index contributed by atoms with van der Waals surface area (Å²) >= 11 is 12.6. The molecule has 0 saturated heterocycles. The van der Waals surface area contributed by atoms with Crippen LogP contribution < -0.4 is 9.46 Å². The smallest absolute Gasteiger partial charge is 0.240 e. The zero-order chi connectivity index (χ0) is 25.7. The van der Waals surface area contributed by atoms with Crippen LogP contribution in [0.2, 0.25) is 10.0 Å². The van der Waals surface area contributed by atoms with Gasteiger partial charge < -0.3 is 14.7 Å². The first-order valence-corrected chi connectivity index (χ1v) is 13.8. The lowest BCUT2D eigenvalue weighted by Crippen LogP contribution is -2.25. The predicted molar refractivity (Wildman–Crippen MR) is 147 cm³/mol. The normalized spacial score (nSPS) is 12.3. The molecule has 4 aromatic carbocycles. The second kappa shape index (κ2) is 9.22. The maximum Gasteiger partial charge on any atom is 0.240 e. The lowest BCUT2D eigenvalue weighted by molar-refractivity contribution is 0.317. The van der Waals surface area contributed by atoms with Crippen molar-refractivity contribution in [3.8, 4) is 5.75 Å². The second-order valence-corrected chi connectivity index (χ2v) is 11.4. The first kappa shape index (κ1) is 24.1. The number of rotatable bonds is 7. The molecule has 0 saturated carbocycles. The highest BCUT2D eigenvalue weighted by Crippen LogP contribution is 2.41. The van der Waals surface area contributed by atoms with Crippen LogP contribution in [0.5, 0.6) is 5.75 Å². The van der Waals surface area contributed by atoms with Crippen LogP contribution in [0, 0.1) is 5.82 Å². The number of sulfonamides is 1. The van der Waals surface area contributed by atoms with E-state index in [1.54, 1.807) is 0 Å². The van der Waals surface area contributed by atoms with E-state index in [4.69, 9.17) is 27.9 Å². The van der Waals surface area contributed by atoms with Crippen molar-refractivity contribution in [2.24, 2.45) is 0 Å². The lowest BCUT2D eigenvalue weighted by Gasteiger charge is -2.10. The Bertz CT molecular complexity index is 1820. The highest BCUT2D eigenvalue weighted by molar-refractivity contribution is 7.89. The van der Waals surface area contributed by atoms with E-state index in [0.29, 0.717) is 22.2 Å². The molecule has 6 aromatic rings. The zero-order valence-electron chi connectivity index (χ0n) is 19.2. The molecule has 0 atom stereocenters. The SMILES string of the molecule is O=S(=O)(NCCCOc1c2[nH]c3ccc(Cl)cc3c2cc2c1[nH]c1ccc(Cl)cc12)c1ccc(F)cc1. The summed E-state index contributed by atoms with van der Waals surface area (Å²) in [5.74, 6) is 0.139. The summed E-state index contributed by atoms with van der Waals surface area (Å²) in [4.78, 5) is 6.89. The van der Waals surface area contributed by atoms with Gasteiger partial charge in [0.15, 0.2) is 5.75 Å². The molecule has 3 N–H and O–H groups in total. The second-order valence-electron chi connectivity index (χ2n) is 8.73. The zero-order valence-corrected chi connectivity index (χ0v) is 21.6. The number of nitrogens with one attached hydrogen (secondary N) is 3. The van der Waals surface area contributed by atoms with Gasteiger partial charge in [-0.15, -0.1) is 0 Å². The Balaban J connectivity index is 1.33. The Morgan fingerprint density at radius 1 is 0.784 bits per heavy atom. The molecule has 0 spiro atoms. The Hall–Kier alpha value is -3.30. The molecule has 37 heavy (non-hydrogen) atoms. The van der Waals surface area contributed by atoms with Gasteiger partial charge in [0.05, 0.1) is 22.5 Å². The van der Waals surface area contributed by atoms with Crippen LogP contribution in [-0.4, -0.2) is 31.5 Å². The number of hydrogen-bond acceptors (Lipinski definition) is 3. The van der Waals surface area contributed by atoms with Crippen LogP contribution in [0.15, 0.2) is 71.6 Å². The van der Waals surface area contributed by atoms with Gasteiger partial charge in [0.2, 0.25) is 10.0 Å². The summed E-state index contributed by atoms with van der Waals surface area (Å²) in [5, 5.41) is 5.11. The number of benzene rings is 4.